The van der Waals surface area contributed by atoms with Gasteiger partial charge in [0.1, 0.15) is 12.4 Å². The summed E-state index contributed by atoms with van der Waals surface area (Å²) in [6.45, 7) is 3.77. The first-order valence-corrected chi connectivity index (χ1v) is 7.41. The molecule has 0 atom stereocenters. The topological polar surface area (TPSA) is 47.4 Å². The summed E-state index contributed by atoms with van der Waals surface area (Å²) in [6.07, 6.45) is 2.64. The van der Waals surface area contributed by atoms with Crippen molar-refractivity contribution in [1.29, 1.82) is 0 Å². The number of hydrogen-bond acceptors (Lipinski definition) is 3. The van der Waals surface area contributed by atoms with Crippen LogP contribution in [0.2, 0.25) is 0 Å². The van der Waals surface area contributed by atoms with Crippen LogP contribution in [0.4, 0.5) is 10.3 Å². The van der Waals surface area contributed by atoms with Crippen molar-refractivity contribution in [3.63, 3.8) is 0 Å². The molecule has 0 N–H and O–H groups in total. The van der Waals surface area contributed by atoms with E-state index in [-0.39, 0.29) is 18.3 Å². The maximum absolute atomic E-state index is 13.9. The molecule has 0 aliphatic carbocycles. The first-order chi connectivity index (χ1) is 10.7. The van der Waals surface area contributed by atoms with Crippen molar-refractivity contribution < 1.29 is 13.9 Å². The van der Waals surface area contributed by atoms with E-state index in [1.54, 1.807) is 29.3 Å². The molecule has 1 aliphatic rings. The zero-order chi connectivity index (χ0) is 15.5. The van der Waals surface area contributed by atoms with Gasteiger partial charge in [-0.25, -0.2) is 9.37 Å². The maximum atomic E-state index is 13.9. The molecular weight excluding hydrogens is 285 g/mol. The van der Waals surface area contributed by atoms with Crippen LogP contribution in [0.3, 0.4) is 0 Å². The number of fused-ring (bicyclic) bond motifs is 1. The highest BCUT2D eigenvalue weighted by Crippen LogP contribution is 2.27. The van der Waals surface area contributed by atoms with Crippen LogP contribution in [0, 0.1) is 5.82 Å². The zero-order valence-corrected chi connectivity index (χ0v) is 12.5. The molecular formula is C16H18FN3O2. The van der Waals surface area contributed by atoms with Crippen LogP contribution in [-0.4, -0.2) is 35.2 Å². The normalized spacial score (nSPS) is 14.0. The van der Waals surface area contributed by atoms with E-state index in [1.165, 1.54) is 6.07 Å². The summed E-state index contributed by atoms with van der Waals surface area (Å²) in [5, 5.41) is 0. The molecule has 1 aliphatic heterocycles. The molecule has 116 valence electrons. The molecule has 0 spiro atoms. The highest BCUT2D eigenvalue weighted by Gasteiger charge is 2.25. The molecule has 1 amide bonds. The van der Waals surface area contributed by atoms with Gasteiger partial charge in [-0.05, 0) is 25.5 Å². The van der Waals surface area contributed by atoms with Gasteiger partial charge < -0.3 is 9.30 Å². The summed E-state index contributed by atoms with van der Waals surface area (Å²) in [5.74, 6) is 0.132. The second-order valence-electron chi connectivity index (χ2n) is 5.14. The van der Waals surface area contributed by atoms with Gasteiger partial charge in [-0.2, -0.15) is 0 Å². The molecule has 6 heteroatoms. The van der Waals surface area contributed by atoms with Crippen molar-refractivity contribution >= 4 is 11.9 Å². The maximum Gasteiger partial charge on any atom is 0.255 e. The molecule has 0 unspecified atom stereocenters. The Morgan fingerprint density at radius 1 is 1.36 bits per heavy atom. The van der Waals surface area contributed by atoms with Gasteiger partial charge in [-0.15, -0.1) is 0 Å². The summed E-state index contributed by atoms with van der Waals surface area (Å²) < 4.78 is 21.0. The number of hydrogen-bond donors (Lipinski definition) is 0. The van der Waals surface area contributed by atoms with Crippen LogP contribution in [0.5, 0.6) is 0 Å². The van der Waals surface area contributed by atoms with E-state index >= 15 is 0 Å². The summed E-state index contributed by atoms with van der Waals surface area (Å²) in [4.78, 5) is 18.3. The van der Waals surface area contributed by atoms with Crippen LogP contribution in [-0.2, 0) is 16.1 Å². The summed E-state index contributed by atoms with van der Waals surface area (Å²) in [7, 11) is 0. The number of carbonyl (C=O) groups excluding carboxylic acids is 1. The Labute approximate surface area is 128 Å². The third-order valence-electron chi connectivity index (χ3n) is 3.66. The average molecular weight is 303 g/mol. The Kier molecular flexibility index (Phi) is 4.20. The fraction of sp³-hybridized carbons (Fsp3) is 0.375. The van der Waals surface area contributed by atoms with Crippen LogP contribution in [0.15, 0.2) is 30.5 Å². The van der Waals surface area contributed by atoms with E-state index in [0.717, 1.165) is 13.0 Å². The summed E-state index contributed by atoms with van der Waals surface area (Å²) >= 11 is 0. The molecule has 5 nitrogen and oxygen atoms in total. The minimum Gasteiger partial charge on any atom is -0.372 e. The summed E-state index contributed by atoms with van der Waals surface area (Å²) in [5.41, 5.74) is 0.991. The van der Waals surface area contributed by atoms with Crippen molar-refractivity contribution in [3.8, 4) is 11.3 Å². The highest BCUT2D eigenvalue weighted by molar-refractivity contribution is 5.93. The minimum absolute atomic E-state index is 0.0401. The second kappa shape index (κ2) is 6.27. The first kappa shape index (κ1) is 14.7. The Hall–Kier alpha value is -2.21. The SMILES string of the molecule is CCOCC(=O)N1CCCn2cc(-c3ccccc3F)nc21. The smallest absolute Gasteiger partial charge is 0.255 e. The Morgan fingerprint density at radius 2 is 2.18 bits per heavy atom. The van der Waals surface area contributed by atoms with Gasteiger partial charge in [0.15, 0.2) is 0 Å². The number of nitrogens with zero attached hydrogens (tertiary/aromatic N) is 3. The number of rotatable bonds is 4. The van der Waals surface area contributed by atoms with Crippen LogP contribution >= 0.6 is 0 Å². The van der Waals surface area contributed by atoms with Crippen LogP contribution in [0.25, 0.3) is 11.3 Å². The van der Waals surface area contributed by atoms with E-state index in [9.17, 15) is 9.18 Å². The number of ether oxygens (including phenoxy) is 1. The van der Waals surface area contributed by atoms with E-state index < -0.39 is 0 Å². The zero-order valence-electron chi connectivity index (χ0n) is 12.5. The van der Waals surface area contributed by atoms with E-state index in [4.69, 9.17) is 4.74 Å². The number of aryl methyl sites for hydroxylation is 1. The number of halogens is 1. The van der Waals surface area contributed by atoms with Gasteiger partial charge in [0, 0.05) is 31.5 Å². The van der Waals surface area contributed by atoms with Crippen molar-refractivity contribution in [2.75, 3.05) is 24.7 Å². The van der Waals surface area contributed by atoms with E-state index in [2.05, 4.69) is 4.98 Å². The number of benzene rings is 1. The lowest BCUT2D eigenvalue weighted by Gasteiger charge is -2.26. The Balaban J connectivity index is 1.92. The molecule has 3 rings (SSSR count). The molecule has 1 aromatic carbocycles. The molecule has 0 radical (unpaired) electrons. The van der Waals surface area contributed by atoms with Crippen molar-refractivity contribution in [1.82, 2.24) is 9.55 Å². The molecule has 0 bridgehead atoms. The van der Waals surface area contributed by atoms with Crippen molar-refractivity contribution in [2.24, 2.45) is 0 Å². The molecule has 2 aromatic rings. The van der Waals surface area contributed by atoms with Crippen LogP contribution < -0.4 is 4.90 Å². The molecule has 0 fully saturated rings. The summed E-state index contributed by atoms with van der Waals surface area (Å²) in [6, 6.07) is 6.52. The minimum atomic E-state index is -0.315. The van der Waals surface area contributed by atoms with Gasteiger partial charge in [0.05, 0.1) is 5.69 Å². The number of amides is 1. The highest BCUT2D eigenvalue weighted by atomic mass is 19.1. The molecule has 22 heavy (non-hydrogen) atoms. The van der Waals surface area contributed by atoms with Gasteiger partial charge in [-0.1, -0.05) is 12.1 Å². The Morgan fingerprint density at radius 3 is 2.95 bits per heavy atom. The fourth-order valence-corrected chi connectivity index (χ4v) is 2.59. The standard InChI is InChI=1S/C16H18FN3O2/c1-2-22-11-15(21)20-9-5-8-19-10-14(18-16(19)20)12-6-3-4-7-13(12)17/h3-4,6-7,10H,2,5,8-9,11H2,1H3. The quantitative estimate of drug-likeness (QED) is 0.871. The second-order valence-corrected chi connectivity index (χ2v) is 5.14. The number of imidazole rings is 1. The van der Waals surface area contributed by atoms with Crippen molar-refractivity contribution in [2.45, 2.75) is 19.9 Å². The molecule has 0 saturated heterocycles. The lowest BCUT2D eigenvalue weighted by atomic mass is 10.1. The molecule has 2 heterocycles. The first-order valence-electron chi connectivity index (χ1n) is 7.41. The lowest BCUT2D eigenvalue weighted by molar-refractivity contribution is -0.123. The lowest BCUT2D eigenvalue weighted by Crippen LogP contribution is -2.39. The van der Waals surface area contributed by atoms with Crippen LogP contribution in [0.1, 0.15) is 13.3 Å². The van der Waals surface area contributed by atoms with Crippen molar-refractivity contribution in [3.05, 3.63) is 36.3 Å². The fourth-order valence-electron chi connectivity index (χ4n) is 2.59. The predicted molar refractivity (Wildman–Crippen MR) is 81.1 cm³/mol. The number of aromatic nitrogens is 2. The largest absolute Gasteiger partial charge is 0.372 e. The van der Waals surface area contributed by atoms with E-state index in [0.29, 0.717) is 30.4 Å². The average Bonchev–Trinajstić information content (AvgIpc) is 2.96. The molecule has 0 saturated carbocycles. The third-order valence-corrected chi connectivity index (χ3v) is 3.66. The van der Waals surface area contributed by atoms with Gasteiger partial charge in [0.2, 0.25) is 5.95 Å². The third kappa shape index (κ3) is 2.74. The molecule has 1 aromatic heterocycles. The van der Waals surface area contributed by atoms with Gasteiger partial charge in [-0.3, -0.25) is 9.69 Å². The Bertz CT molecular complexity index is 684. The monoisotopic (exact) mass is 303 g/mol. The number of carbonyl (C=O) groups is 1. The van der Waals surface area contributed by atoms with Gasteiger partial charge >= 0.3 is 0 Å². The van der Waals surface area contributed by atoms with E-state index in [1.807, 2.05) is 11.5 Å². The van der Waals surface area contributed by atoms with Gasteiger partial charge in [0.25, 0.3) is 5.91 Å². The number of anilines is 1. The predicted octanol–water partition coefficient (Wildman–Crippen LogP) is 2.46.